The summed E-state index contributed by atoms with van der Waals surface area (Å²) in [5, 5.41) is 2.42. The lowest BCUT2D eigenvalue weighted by atomic mass is 9.95. The quantitative estimate of drug-likeness (QED) is 0.291. The van der Waals surface area contributed by atoms with Gasteiger partial charge < -0.3 is 28.8 Å². The normalized spacial score (nSPS) is 14.7. The van der Waals surface area contributed by atoms with Gasteiger partial charge in [-0.15, -0.1) is 11.6 Å². The van der Waals surface area contributed by atoms with Crippen LogP contribution in [0.2, 0.25) is 0 Å². The summed E-state index contributed by atoms with van der Waals surface area (Å²) >= 11 is 6.35. The molecule has 1 unspecified atom stereocenters. The second-order valence-electron chi connectivity index (χ2n) is 8.13. The highest BCUT2D eigenvalue weighted by Gasteiger charge is 2.36. The summed E-state index contributed by atoms with van der Waals surface area (Å²) in [6, 6.07) is 12.9. The number of alkyl halides is 1. The summed E-state index contributed by atoms with van der Waals surface area (Å²) in [7, 11) is 4.59. The Morgan fingerprint density at radius 3 is 2.46 bits per heavy atom. The second kappa shape index (κ2) is 9.03. The van der Waals surface area contributed by atoms with E-state index in [0.29, 0.717) is 58.8 Å². The van der Waals surface area contributed by atoms with Gasteiger partial charge in [-0.3, -0.25) is 9.59 Å². The molecule has 0 saturated heterocycles. The largest absolute Gasteiger partial charge is 0.493 e. The molecular formula is C26H23ClN2O6. The van der Waals surface area contributed by atoms with Crippen molar-refractivity contribution in [2.45, 2.75) is 5.92 Å². The van der Waals surface area contributed by atoms with Crippen molar-refractivity contribution in [3.05, 3.63) is 53.7 Å². The summed E-state index contributed by atoms with van der Waals surface area (Å²) < 4.78 is 21.7. The minimum Gasteiger partial charge on any atom is -0.493 e. The molecule has 1 aliphatic rings. The van der Waals surface area contributed by atoms with E-state index in [-0.39, 0.29) is 11.8 Å². The van der Waals surface area contributed by atoms with Crippen LogP contribution in [-0.4, -0.2) is 51.1 Å². The monoisotopic (exact) mass is 494 g/mol. The number of aromatic nitrogens is 1. The first-order valence-corrected chi connectivity index (χ1v) is 11.4. The van der Waals surface area contributed by atoms with E-state index in [4.69, 9.17) is 30.5 Å². The summed E-state index contributed by atoms with van der Waals surface area (Å²) in [5.74, 6) is 1.75. The number of carbonyl (C=O) groups is 2. The van der Waals surface area contributed by atoms with E-state index in [1.165, 1.54) is 14.2 Å². The summed E-state index contributed by atoms with van der Waals surface area (Å²) in [5.41, 5.74) is 2.60. The molecule has 2 heterocycles. The van der Waals surface area contributed by atoms with Gasteiger partial charge in [-0.05, 0) is 23.1 Å². The van der Waals surface area contributed by atoms with Gasteiger partial charge in [-0.1, -0.05) is 24.3 Å². The van der Waals surface area contributed by atoms with Crippen molar-refractivity contribution < 1.29 is 28.5 Å². The number of aromatic amines is 1. The molecule has 1 aromatic heterocycles. The van der Waals surface area contributed by atoms with Gasteiger partial charge in [0.15, 0.2) is 11.5 Å². The van der Waals surface area contributed by atoms with Crippen LogP contribution in [-0.2, 0) is 4.79 Å². The Hall–Kier alpha value is -3.91. The third kappa shape index (κ3) is 3.52. The molecule has 0 aliphatic carbocycles. The van der Waals surface area contributed by atoms with Crippen molar-refractivity contribution in [1.29, 1.82) is 0 Å². The van der Waals surface area contributed by atoms with Gasteiger partial charge in [0.05, 0.1) is 32.5 Å². The number of hydrogen-bond acceptors (Lipinski definition) is 6. The first-order chi connectivity index (χ1) is 17.1. The van der Waals surface area contributed by atoms with E-state index < -0.39 is 0 Å². The lowest BCUT2D eigenvalue weighted by molar-refractivity contribution is -0.120. The molecule has 1 N–H and O–H groups in total. The number of rotatable bonds is 7. The Labute approximate surface area is 206 Å². The van der Waals surface area contributed by atoms with E-state index in [1.54, 1.807) is 30.2 Å². The molecule has 3 aromatic carbocycles. The fraction of sp³-hybridized carbons (Fsp3) is 0.231. The summed E-state index contributed by atoms with van der Waals surface area (Å²) in [6.07, 6.45) is 0. The van der Waals surface area contributed by atoms with E-state index >= 15 is 0 Å². The first kappa shape index (κ1) is 22.9. The Morgan fingerprint density at radius 2 is 1.80 bits per heavy atom. The number of carbonyl (C=O) groups excluding carboxylic acids is 2. The van der Waals surface area contributed by atoms with Crippen molar-refractivity contribution in [3.63, 3.8) is 0 Å². The third-order valence-corrected chi connectivity index (χ3v) is 6.76. The highest BCUT2D eigenvalue weighted by molar-refractivity contribution is 6.19. The topological polar surface area (TPSA) is 90.1 Å². The Kier molecular flexibility index (Phi) is 5.90. The highest BCUT2D eigenvalue weighted by Crippen LogP contribution is 2.47. The highest BCUT2D eigenvalue weighted by atomic mass is 35.5. The molecule has 0 radical (unpaired) electrons. The van der Waals surface area contributed by atoms with Gasteiger partial charge in [-0.25, -0.2) is 0 Å². The zero-order valence-electron chi connectivity index (χ0n) is 19.4. The number of methoxy groups -OCH3 is 3. The molecular weight excluding hydrogens is 472 g/mol. The van der Waals surface area contributed by atoms with Crippen LogP contribution in [0.4, 0.5) is 5.69 Å². The molecule has 4 aromatic rings. The van der Waals surface area contributed by atoms with Gasteiger partial charge in [-0.2, -0.15) is 0 Å². The SMILES string of the molecule is COc1cc2cc(C(=O)N3CC(CCl)c4c3cc(OC=O)c3ccccc43)[nH]c2c(OC)c1OC. The van der Waals surface area contributed by atoms with Crippen molar-refractivity contribution in [2.75, 3.05) is 38.7 Å². The van der Waals surface area contributed by atoms with Crippen molar-refractivity contribution in [1.82, 2.24) is 4.98 Å². The smallest absolute Gasteiger partial charge is 0.298 e. The van der Waals surface area contributed by atoms with E-state index in [9.17, 15) is 9.59 Å². The number of hydrogen-bond donors (Lipinski definition) is 1. The molecule has 0 spiro atoms. The maximum atomic E-state index is 13.8. The van der Waals surface area contributed by atoms with Crippen molar-refractivity contribution >= 4 is 51.3 Å². The number of anilines is 1. The molecule has 8 nitrogen and oxygen atoms in total. The fourth-order valence-electron chi connectivity index (χ4n) is 4.89. The van der Waals surface area contributed by atoms with Crippen LogP contribution in [0.5, 0.6) is 23.0 Å². The third-order valence-electron chi connectivity index (χ3n) is 6.39. The molecule has 1 aliphatic heterocycles. The molecule has 0 saturated carbocycles. The zero-order chi connectivity index (χ0) is 24.7. The summed E-state index contributed by atoms with van der Waals surface area (Å²) in [6.45, 7) is 0.782. The maximum absolute atomic E-state index is 13.8. The first-order valence-electron chi connectivity index (χ1n) is 10.9. The van der Waals surface area contributed by atoms with Crippen LogP contribution in [0, 0.1) is 0 Å². The Morgan fingerprint density at radius 1 is 1.06 bits per heavy atom. The molecule has 0 bridgehead atoms. The lowest BCUT2D eigenvalue weighted by Crippen LogP contribution is -2.30. The van der Waals surface area contributed by atoms with Crippen LogP contribution in [0.3, 0.4) is 0 Å². The van der Waals surface area contributed by atoms with Crippen LogP contribution in [0.25, 0.3) is 21.7 Å². The molecule has 0 fully saturated rings. The van der Waals surface area contributed by atoms with Gasteiger partial charge in [0.2, 0.25) is 5.75 Å². The number of halogens is 1. The van der Waals surface area contributed by atoms with E-state index in [2.05, 4.69) is 4.98 Å². The Balaban J connectivity index is 1.66. The molecule has 35 heavy (non-hydrogen) atoms. The average Bonchev–Trinajstić information content (AvgIpc) is 3.48. The van der Waals surface area contributed by atoms with Crippen LogP contribution in [0.15, 0.2) is 42.5 Å². The van der Waals surface area contributed by atoms with Gasteiger partial charge in [0.25, 0.3) is 12.4 Å². The maximum Gasteiger partial charge on any atom is 0.298 e. The summed E-state index contributed by atoms with van der Waals surface area (Å²) in [4.78, 5) is 29.8. The molecule has 9 heteroatoms. The Bertz CT molecular complexity index is 1460. The standard InChI is InChI=1S/C26H23ClN2O6/c1-32-21-9-14-8-18(28-23(14)25(34-3)24(21)33-2)26(31)29-12-15(11-27)22-17-7-5-4-6-16(17)20(35-13-30)10-19(22)29/h4-10,13,15,28H,11-12H2,1-3H3. The van der Waals surface area contributed by atoms with Crippen molar-refractivity contribution in [2.24, 2.45) is 0 Å². The number of H-pyrrole nitrogens is 1. The van der Waals surface area contributed by atoms with Gasteiger partial charge in [0.1, 0.15) is 11.4 Å². The second-order valence-corrected chi connectivity index (χ2v) is 8.44. The van der Waals surface area contributed by atoms with E-state index in [1.807, 2.05) is 24.3 Å². The number of nitrogens with one attached hydrogen (secondary N) is 1. The minimum absolute atomic E-state index is 0.0788. The minimum atomic E-state index is -0.248. The molecule has 1 atom stereocenters. The number of nitrogens with zero attached hydrogens (tertiary/aromatic N) is 1. The van der Waals surface area contributed by atoms with E-state index in [0.717, 1.165) is 21.7 Å². The predicted molar refractivity (Wildman–Crippen MR) is 134 cm³/mol. The zero-order valence-corrected chi connectivity index (χ0v) is 20.1. The lowest BCUT2D eigenvalue weighted by Gasteiger charge is -2.18. The molecule has 1 amide bonds. The van der Waals surface area contributed by atoms with Gasteiger partial charge >= 0.3 is 0 Å². The molecule has 5 rings (SSSR count). The van der Waals surface area contributed by atoms with Crippen LogP contribution in [0.1, 0.15) is 22.0 Å². The van der Waals surface area contributed by atoms with Crippen LogP contribution < -0.4 is 23.8 Å². The average molecular weight is 495 g/mol. The molecule has 180 valence electrons. The predicted octanol–water partition coefficient (Wildman–Crippen LogP) is 4.86. The number of ether oxygens (including phenoxy) is 4. The van der Waals surface area contributed by atoms with Crippen molar-refractivity contribution in [3.8, 4) is 23.0 Å². The number of amides is 1. The number of fused-ring (bicyclic) bond motifs is 4. The number of benzene rings is 3. The van der Waals surface area contributed by atoms with Crippen LogP contribution >= 0.6 is 11.6 Å². The fourth-order valence-corrected chi connectivity index (χ4v) is 5.14. The van der Waals surface area contributed by atoms with Gasteiger partial charge in [0, 0.05) is 35.2 Å².